The molecule has 0 saturated heterocycles. The highest BCUT2D eigenvalue weighted by Gasteiger charge is 2.21. The number of carbonyl (C=O) groups is 1. The van der Waals surface area contributed by atoms with E-state index >= 15 is 0 Å². The first-order valence-electron chi connectivity index (χ1n) is 7.46. The smallest absolute Gasteiger partial charge is 0.240 e. The van der Waals surface area contributed by atoms with Crippen LogP contribution in [0.5, 0.6) is 0 Å². The van der Waals surface area contributed by atoms with Gasteiger partial charge in [0, 0.05) is 12.7 Å². The lowest BCUT2D eigenvalue weighted by Crippen LogP contribution is -2.36. The lowest BCUT2D eigenvalue weighted by molar-refractivity contribution is -0.117. The minimum atomic E-state index is 0.120. The number of likely N-dealkylation sites (N-methyl/N-ethyl adjacent to an activating group) is 1. The van der Waals surface area contributed by atoms with Crippen LogP contribution in [0.2, 0.25) is 0 Å². The van der Waals surface area contributed by atoms with E-state index in [1.807, 2.05) is 19.2 Å². The SMILES string of the molecule is CN(C(=O)CNCC1CC1)c1ccc(C(C)(C)C)cc1. The molecule has 0 aromatic heterocycles. The number of carbonyl (C=O) groups excluding carboxylic acids is 1. The molecule has 0 unspecified atom stereocenters. The Morgan fingerprint density at radius 2 is 1.85 bits per heavy atom. The van der Waals surface area contributed by atoms with Crippen molar-refractivity contribution in [2.75, 3.05) is 25.0 Å². The lowest BCUT2D eigenvalue weighted by Gasteiger charge is -2.22. The highest BCUT2D eigenvalue weighted by Crippen LogP contribution is 2.27. The molecule has 1 fully saturated rings. The van der Waals surface area contributed by atoms with E-state index in [0.29, 0.717) is 6.54 Å². The normalized spacial score (nSPS) is 15.2. The van der Waals surface area contributed by atoms with Gasteiger partial charge in [-0.3, -0.25) is 4.79 Å². The maximum Gasteiger partial charge on any atom is 0.240 e. The topological polar surface area (TPSA) is 32.3 Å². The van der Waals surface area contributed by atoms with Crippen molar-refractivity contribution in [3.05, 3.63) is 29.8 Å². The van der Waals surface area contributed by atoms with Crippen molar-refractivity contribution in [2.45, 2.75) is 39.0 Å². The third-order valence-electron chi connectivity index (χ3n) is 3.90. The number of nitrogens with zero attached hydrogens (tertiary/aromatic N) is 1. The zero-order valence-corrected chi connectivity index (χ0v) is 13.1. The summed E-state index contributed by atoms with van der Waals surface area (Å²) in [4.78, 5) is 13.8. The molecule has 2 rings (SSSR count). The van der Waals surface area contributed by atoms with Crippen LogP contribution in [0.15, 0.2) is 24.3 Å². The molecule has 0 radical (unpaired) electrons. The summed E-state index contributed by atoms with van der Waals surface area (Å²) in [5, 5.41) is 3.24. The Labute approximate surface area is 122 Å². The minimum absolute atomic E-state index is 0.120. The Morgan fingerprint density at radius 3 is 2.35 bits per heavy atom. The third kappa shape index (κ3) is 4.07. The van der Waals surface area contributed by atoms with Gasteiger partial charge in [0.2, 0.25) is 5.91 Å². The van der Waals surface area contributed by atoms with E-state index in [0.717, 1.165) is 18.2 Å². The average Bonchev–Trinajstić information content (AvgIpc) is 3.21. The molecule has 1 aliphatic rings. The summed E-state index contributed by atoms with van der Waals surface area (Å²) < 4.78 is 0. The predicted molar refractivity (Wildman–Crippen MR) is 84.1 cm³/mol. The summed E-state index contributed by atoms with van der Waals surface area (Å²) in [7, 11) is 1.84. The fourth-order valence-electron chi connectivity index (χ4n) is 2.15. The highest BCUT2D eigenvalue weighted by molar-refractivity contribution is 5.94. The molecular weight excluding hydrogens is 248 g/mol. The van der Waals surface area contributed by atoms with Crippen LogP contribution in [0.3, 0.4) is 0 Å². The first-order valence-corrected chi connectivity index (χ1v) is 7.46. The molecule has 1 saturated carbocycles. The van der Waals surface area contributed by atoms with Crippen LogP contribution >= 0.6 is 0 Å². The van der Waals surface area contributed by atoms with Crippen molar-refractivity contribution in [1.29, 1.82) is 0 Å². The predicted octanol–water partition coefficient (Wildman–Crippen LogP) is 2.95. The van der Waals surface area contributed by atoms with E-state index in [-0.39, 0.29) is 11.3 Å². The van der Waals surface area contributed by atoms with E-state index in [4.69, 9.17) is 0 Å². The molecule has 1 aromatic rings. The molecule has 1 aromatic carbocycles. The van der Waals surface area contributed by atoms with Gasteiger partial charge in [0.15, 0.2) is 0 Å². The highest BCUT2D eigenvalue weighted by atomic mass is 16.2. The Balaban J connectivity index is 1.90. The van der Waals surface area contributed by atoms with Gasteiger partial charge in [-0.15, -0.1) is 0 Å². The Hall–Kier alpha value is -1.35. The zero-order chi connectivity index (χ0) is 14.8. The molecular formula is C17H26N2O. The van der Waals surface area contributed by atoms with Gasteiger partial charge < -0.3 is 10.2 Å². The van der Waals surface area contributed by atoms with Gasteiger partial charge >= 0.3 is 0 Å². The molecule has 0 atom stereocenters. The molecule has 0 bridgehead atoms. The van der Waals surface area contributed by atoms with Crippen molar-refractivity contribution < 1.29 is 4.79 Å². The van der Waals surface area contributed by atoms with Gasteiger partial charge in [-0.1, -0.05) is 32.9 Å². The fourth-order valence-corrected chi connectivity index (χ4v) is 2.15. The molecule has 0 spiro atoms. The van der Waals surface area contributed by atoms with Gasteiger partial charge in [-0.05, 0) is 48.4 Å². The Morgan fingerprint density at radius 1 is 1.25 bits per heavy atom. The van der Waals surface area contributed by atoms with E-state index < -0.39 is 0 Å². The van der Waals surface area contributed by atoms with E-state index in [1.54, 1.807) is 4.90 Å². The van der Waals surface area contributed by atoms with Gasteiger partial charge in [-0.25, -0.2) is 0 Å². The van der Waals surface area contributed by atoms with Crippen LogP contribution in [-0.2, 0) is 10.2 Å². The van der Waals surface area contributed by atoms with Crippen LogP contribution in [-0.4, -0.2) is 26.0 Å². The van der Waals surface area contributed by atoms with Crippen molar-refractivity contribution >= 4 is 11.6 Å². The fraction of sp³-hybridized carbons (Fsp3) is 0.588. The number of anilines is 1. The summed E-state index contributed by atoms with van der Waals surface area (Å²) in [6.07, 6.45) is 2.62. The van der Waals surface area contributed by atoms with Crippen molar-refractivity contribution in [3.8, 4) is 0 Å². The van der Waals surface area contributed by atoms with Gasteiger partial charge in [0.25, 0.3) is 0 Å². The standard InChI is InChI=1S/C17H26N2O/c1-17(2,3)14-7-9-15(10-8-14)19(4)16(20)12-18-11-13-5-6-13/h7-10,13,18H,5-6,11-12H2,1-4H3. The average molecular weight is 274 g/mol. The van der Waals surface area contributed by atoms with Crippen LogP contribution in [0, 0.1) is 5.92 Å². The number of nitrogens with one attached hydrogen (secondary N) is 1. The first kappa shape index (κ1) is 15.0. The maximum absolute atomic E-state index is 12.1. The van der Waals surface area contributed by atoms with Gasteiger partial charge in [-0.2, -0.15) is 0 Å². The van der Waals surface area contributed by atoms with Crippen LogP contribution in [0.4, 0.5) is 5.69 Å². The second kappa shape index (κ2) is 5.96. The molecule has 110 valence electrons. The molecule has 1 N–H and O–H groups in total. The minimum Gasteiger partial charge on any atom is -0.314 e. The van der Waals surface area contributed by atoms with E-state index in [9.17, 15) is 4.79 Å². The summed E-state index contributed by atoms with van der Waals surface area (Å²) in [5.41, 5.74) is 2.39. The lowest BCUT2D eigenvalue weighted by atomic mass is 9.87. The molecule has 0 heterocycles. The molecule has 3 heteroatoms. The van der Waals surface area contributed by atoms with Gasteiger partial charge in [0.1, 0.15) is 0 Å². The Bertz CT molecular complexity index is 455. The summed E-state index contributed by atoms with van der Waals surface area (Å²) in [6, 6.07) is 8.27. The molecule has 20 heavy (non-hydrogen) atoms. The van der Waals surface area contributed by atoms with Crippen LogP contribution in [0.1, 0.15) is 39.2 Å². The third-order valence-corrected chi connectivity index (χ3v) is 3.90. The Kier molecular flexibility index (Phi) is 4.48. The maximum atomic E-state index is 12.1. The number of rotatable bonds is 5. The van der Waals surface area contributed by atoms with Crippen LogP contribution < -0.4 is 10.2 Å². The van der Waals surface area contributed by atoms with E-state index in [1.165, 1.54) is 18.4 Å². The molecule has 0 aliphatic heterocycles. The monoisotopic (exact) mass is 274 g/mol. The summed E-state index contributed by atoms with van der Waals surface area (Å²) in [5.74, 6) is 0.924. The zero-order valence-electron chi connectivity index (χ0n) is 13.1. The number of benzene rings is 1. The summed E-state index contributed by atoms with van der Waals surface area (Å²) >= 11 is 0. The largest absolute Gasteiger partial charge is 0.314 e. The number of amides is 1. The first-order chi connectivity index (χ1) is 9.38. The van der Waals surface area contributed by atoms with Crippen molar-refractivity contribution in [3.63, 3.8) is 0 Å². The quantitative estimate of drug-likeness (QED) is 0.895. The van der Waals surface area contributed by atoms with Gasteiger partial charge in [0.05, 0.1) is 6.54 Å². The molecule has 1 aliphatic carbocycles. The van der Waals surface area contributed by atoms with Crippen molar-refractivity contribution in [1.82, 2.24) is 5.32 Å². The molecule has 1 amide bonds. The van der Waals surface area contributed by atoms with E-state index in [2.05, 4.69) is 38.2 Å². The van der Waals surface area contributed by atoms with Crippen molar-refractivity contribution in [2.24, 2.45) is 5.92 Å². The number of hydrogen-bond donors (Lipinski definition) is 1. The van der Waals surface area contributed by atoms with Crippen LogP contribution in [0.25, 0.3) is 0 Å². The second-order valence-corrected chi connectivity index (χ2v) is 6.82. The second-order valence-electron chi connectivity index (χ2n) is 6.82. The molecule has 3 nitrogen and oxygen atoms in total. The number of hydrogen-bond acceptors (Lipinski definition) is 2. The summed E-state index contributed by atoms with van der Waals surface area (Å²) in [6.45, 7) is 7.98.